The lowest BCUT2D eigenvalue weighted by Crippen LogP contribution is -1.93. The van der Waals surface area contributed by atoms with Crippen LogP contribution in [0.1, 0.15) is 11.1 Å². The third kappa shape index (κ3) is 4.73. The quantitative estimate of drug-likeness (QED) is 0.296. The topological polar surface area (TPSA) is 12.0 Å². The van der Waals surface area contributed by atoms with E-state index in [0.29, 0.717) is 0 Å². The van der Waals surface area contributed by atoms with Crippen LogP contribution in [0.5, 0.6) is 0 Å². The second kappa shape index (κ2) is 9.18. The Morgan fingerprint density at radius 3 is 1.30 bits per heavy atom. The van der Waals surface area contributed by atoms with Crippen LogP contribution >= 0.6 is 0 Å². The van der Waals surface area contributed by atoms with E-state index in [4.69, 9.17) is 0 Å². The van der Waals surface area contributed by atoms with Crippen LogP contribution in [0.15, 0.2) is 121 Å². The summed E-state index contributed by atoms with van der Waals surface area (Å²) in [5.74, 6) is 0. The molecule has 5 aromatic carbocycles. The van der Waals surface area contributed by atoms with E-state index in [1.165, 1.54) is 44.5 Å². The molecule has 0 atom stereocenters. The zero-order valence-corrected chi connectivity index (χ0v) is 19.0. The molecular weight excluding hydrogens is 398 g/mol. The van der Waals surface area contributed by atoms with Gasteiger partial charge in [0.1, 0.15) is 0 Å². The molecular formula is C32H27N. The first-order chi connectivity index (χ1) is 16.2. The van der Waals surface area contributed by atoms with E-state index in [1.807, 2.05) is 0 Å². The first kappa shape index (κ1) is 20.8. The Bertz CT molecular complexity index is 1350. The molecule has 5 rings (SSSR count). The van der Waals surface area contributed by atoms with Gasteiger partial charge >= 0.3 is 0 Å². The van der Waals surface area contributed by atoms with Crippen LogP contribution in [0.4, 0.5) is 11.4 Å². The molecule has 0 radical (unpaired) electrons. The molecule has 0 aliphatic carbocycles. The van der Waals surface area contributed by atoms with Gasteiger partial charge in [-0.3, -0.25) is 0 Å². The molecule has 5 aromatic rings. The lowest BCUT2D eigenvalue weighted by Gasteiger charge is -2.11. The van der Waals surface area contributed by atoms with Crippen LogP contribution in [-0.4, -0.2) is 0 Å². The van der Waals surface area contributed by atoms with Gasteiger partial charge in [-0.05, 0) is 71.0 Å². The molecule has 0 heterocycles. The van der Waals surface area contributed by atoms with Gasteiger partial charge in [-0.1, -0.05) is 109 Å². The summed E-state index contributed by atoms with van der Waals surface area (Å²) in [4.78, 5) is 0. The summed E-state index contributed by atoms with van der Waals surface area (Å²) in [5.41, 5.74) is 12.2. The minimum Gasteiger partial charge on any atom is -0.355 e. The van der Waals surface area contributed by atoms with E-state index in [9.17, 15) is 0 Å². The minimum atomic E-state index is 1.10. The first-order valence-corrected chi connectivity index (χ1v) is 11.4. The number of anilines is 2. The minimum absolute atomic E-state index is 1.10. The van der Waals surface area contributed by atoms with Crippen LogP contribution in [0, 0.1) is 13.8 Å². The van der Waals surface area contributed by atoms with Crippen molar-refractivity contribution in [2.24, 2.45) is 0 Å². The summed E-state index contributed by atoms with van der Waals surface area (Å²) in [6.45, 7) is 4.26. The fraction of sp³-hybridized carbons (Fsp3) is 0.0625. The monoisotopic (exact) mass is 425 g/mol. The van der Waals surface area contributed by atoms with Gasteiger partial charge in [0.05, 0.1) is 0 Å². The smallest absolute Gasteiger partial charge is 0.0414 e. The van der Waals surface area contributed by atoms with Crippen LogP contribution in [0.3, 0.4) is 0 Å². The van der Waals surface area contributed by atoms with Crippen molar-refractivity contribution in [1.82, 2.24) is 0 Å². The van der Waals surface area contributed by atoms with Crippen LogP contribution < -0.4 is 5.32 Å². The lowest BCUT2D eigenvalue weighted by molar-refractivity contribution is 1.37. The van der Waals surface area contributed by atoms with Crippen LogP contribution in [0.2, 0.25) is 0 Å². The maximum Gasteiger partial charge on any atom is 0.0414 e. The molecule has 0 unspecified atom stereocenters. The number of benzene rings is 5. The summed E-state index contributed by atoms with van der Waals surface area (Å²) >= 11 is 0. The van der Waals surface area contributed by atoms with Crippen molar-refractivity contribution in [3.05, 3.63) is 132 Å². The second-order valence-electron chi connectivity index (χ2n) is 8.54. The number of nitrogens with one attached hydrogen (secondary N) is 1. The highest BCUT2D eigenvalue weighted by atomic mass is 14.9. The summed E-state index contributed by atoms with van der Waals surface area (Å²) in [6.07, 6.45) is 0. The van der Waals surface area contributed by atoms with Crippen molar-refractivity contribution < 1.29 is 0 Å². The maximum atomic E-state index is 3.53. The van der Waals surface area contributed by atoms with E-state index in [0.717, 1.165) is 11.4 Å². The molecule has 0 bridgehead atoms. The van der Waals surface area contributed by atoms with E-state index < -0.39 is 0 Å². The molecule has 0 saturated carbocycles. The van der Waals surface area contributed by atoms with E-state index in [2.05, 4.69) is 140 Å². The predicted octanol–water partition coefficient (Wildman–Crippen LogP) is 9.05. The van der Waals surface area contributed by atoms with Crippen molar-refractivity contribution in [2.45, 2.75) is 13.8 Å². The van der Waals surface area contributed by atoms with Crippen molar-refractivity contribution in [1.29, 1.82) is 0 Å². The average molecular weight is 426 g/mol. The van der Waals surface area contributed by atoms with Gasteiger partial charge in [-0.15, -0.1) is 0 Å². The fourth-order valence-corrected chi connectivity index (χ4v) is 4.20. The number of hydrogen-bond acceptors (Lipinski definition) is 1. The molecule has 0 amide bonds. The largest absolute Gasteiger partial charge is 0.355 e. The Hall–Kier alpha value is -4.10. The highest BCUT2D eigenvalue weighted by Crippen LogP contribution is 2.29. The molecule has 0 aromatic heterocycles. The Kier molecular flexibility index (Phi) is 5.78. The summed E-state index contributed by atoms with van der Waals surface area (Å²) in [5, 5.41) is 3.53. The molecule has 160 valence electrons. The van der Waals surface area contributed by atoms with Crippen molar-refractivity contribution in [2.75, 3.05) is 5.32 Å². The fourth-order valence-electron chi connectivity index (χ4n) is 4.20. The van der Waals surface area contributed by atoms with Gasteiger partial charge in [0.15, 0.2) is 0 Å². The van der Waals surface area contributed by atoms with Crippen molar-refractivity contribution in [3.63, 3.8) is 0 Å². The molecule has 0 fully saturated rings. The molecule has 1 nitrogen and oxygen atoms in total. The SMILES string of the molecule is Cc1ccc(Nc2ccc(-c3ccc(-c4ccc(-c5ccccc5)cc4)cc3)cc2)c(C)c1. The Morgan fingerprint density at radius 2 is 0.848 bits per heavy atom. The first-order valence-electron chi connectivity index (χ1n) is 11.4. The van der Waals surface area contributed by atoms with Gasteiger partial charge < -0.3 is 5.32 Å². The highest BCUT2D eigenvalue weighted by Gasteiger charge is 2.04. The van der Waals surface area contributed by atoms with Gasteiger partial charge in [-0.25, -0.2) is 0 Å². The van der Waals surface area contributed by atoms with E-state index >= 15 is 0 Å². The van der Waals surface area contributed by atoms with Crippen LogP contribution in [-0.2, 0) is 0 Å². The standard InChI is InChI=1S/C32H27N/c1-23-8-21-32(24(2)22-23)33-31-19-17-30(18-20-31)29-15-13-28(14-16-29)27-11-9-26(10-12-27)25-6-4-3-5-7-25/h3-22,33H,1-2H3. The summed E-state index contributed by atoms with van der Waals surface area (Å²) < 4.78 is 0. The lowest BCUT2D eigenvalue weighted by atomic mass is 9.98. The molecule has 0 spiro atoms. The van der Waals surface area contributed by atoms with E-state index in [-0.39, 0.29) is 0 Å². The van der Waals surface area contributed by atoms with Gasteiger partial charge in [0.25, 0.3) is 0 Å². The maximum absolute atomic E-state index is 3.53. The van der Waals surface area contributed by atoms with Crippen molar-refractivity contribution in [3.8, 4) is 33.4 Å². The number of aryl methyl sites for hydroxylation is 2. The summed E-state index contributed by atoms with van der Waals surface area (Å²) in [7, 11) is 0. The summed E-state index contributed by atoms with van der Waals surface area (Å²) in [6, 6.07) is 43.2. The molecule has 1 N–H and O–H groups in total. The molecule has 0 saturated heterocycles. The molecule has 33 heavy (non-hydrogen) atoms. The third-order valence-electron chi connectivity index (χ3n) is 6.09. The number of rotatable bonds is 5. The van der Waals surface area contributed by atoms with Gasteiger partial charge in [0, 0.05) is 11.4 Å². The molecule has 0 aliphatic heterocycles. The normalized spacial score (nSPS) is 10.7. The second-order valence-corrected chi connectivity index (χ2v) is 8.54. The highest BCUT2D eigenvalue weighted by molar-refractivity contribution is 5.74. The van der Waals surface area contributed by atoms with Crippen molar-refractivity contribution >= 4 is 11.4 Å². The molecule has 0 aliphatic rings. The zero-order chi connectivity index (χ0) is 22.6. The zero-order valence-electron chi connectivity index (χ0n) is 19.0. The Balaban J connectivity index is 1.30. The predicted molar refractivity (Wildman–Crippen MR) is 142 cm³/mol. The van der Waals surface area contributed by atoms with Gasteiger partial charge in [-0.2, -0.15) is 0 Å². The number of hydrogen-bond donors (Lipinski definition) is 1. The third-order valence-corrected chi connectivity index (χ3v) is 6.09. The Morgan fingerprint density at radius 1 is 0.424 bits per heavy atom. The average Bonchev–Trinajstić information content (AvgIpc) is 2.87. The van der Waals surface area contributed by atoms with E-state index in [1.54, 1.807) is 0 Å². The Labute approximate surface area is 196 Å². The van der Waals surface area contributed by atoms with Gasteiger partial charge in [0.2, 0.25) is 0 Å². The molecule has 1 heteroatoms. The van der Waals surface area contributed by atoms with Crippen LogP contribution in [0.25, 0.3) is 33.4 Å².